The zero-order valence-electron chi connectivity index (χ0n) is 10.7. The van der Waals surface area contributed by atoms with Crippen LogP contribution in [0.2, 0.25) is 0 Å². The van der Waals surface area contributed by atoms with Crippen molar-refractivity contribution in [3.05, 3.63) is 41.2 Å². The summed E-state index contributed by atoms with van der Waals surface area (Å²) in [5.41, 5.74) is 1.94. The van der Waals surface area contributed by atoms with E-state index < -0.39 is 5.97 Å². The van der Waals surface area contributed by atoms with Crippen molar-refractivity contribution in [2.75, 3.05) is 0 Å². The largest absolute Gasteiger partial charge is 0.481 e. The van der Waals surface area contributed by atoms with Gasteiger partial charge in [0.1, 0.15) is 5.82 Å². The van der Waals surface area contributed by atoms with Crippen LogP contribution >= 0.6 is 0 Å². The Morgan fingerprint density at radius 2 is 2.16 bits per heavy atom. The summed E-state index contributed by atoms with van der Waals surface area (Å²) in [4.78, 5) is 14.7. The predicted octanol–water partition coefficient (Wildman–Crippen LogP) is 3.11. The Labute approximate surface area is 109 Å². The molecule has 0 atom stereocenters. The molecular formula is C14H14FNO3. The summed E-state index contributed by atoms with van der Waals surface area (Å²) in [5, 5.41) is 8.62. The lowest BCUT2D eigenvalue weighted by Gasteiger charge is -2.01. The van der Waals surface area contributed by atoms with E-state index in [1.165, 1.54) is 6.07 Å². The van der Waals surface area contributed by atoms with Crippen molar-refractivity contribution in [2.45, 2.75) is 26.7 Å². The van der Waals surface area contributed by atoms with Crippen LogP contribution in [0.1, 0.15) is 23.6 Å². The molecule has 0 aliphatic rings. The lowest BCUT2D eigenvalue weighted by molar-refractivity contribution is -0.137. The van der Waals surface area contributed by atoms with Gasteiger partial charge in [-0.15, -0.1) is 0 Å². The summed E-state index contributed by atoms with van der Waals surface area (Å²) in [7, 11) is 0. The third-order valence-electron chi connectivity index (χ3n) is 2.81. The number of oxazole rings is 1. The van der Waals surface area contributed by atoms with Crippen LogP contribution < -0.4 is 0 Å². The monoisotopic (exact) mass is 263 g/mol. The van der Waals surface area contributed by atoms with Crippen molar-refractivity contribution < 1.29 is 18.7 Å². The smallest absolute Gasteiger partial charge is 0.303 e. The van der Waals surface area contributed by atoms with Gasteiger partial charge in [-0.05, 0) is 37.6 Å². The number of hydrogen-bond donors (Lipinski definition) is 1. The average Bonchev–Trinajstić information content (AvgIpc) is 2.72. The standard InChI is InChI=1S/C14H14FNO3/c1-8-7-10(3-4-11(8)15)14-9(2)16-12(19-14)5-6-13(17)18/h3-4,7H,5-6H2,1-2H3,(H,17,18). The summed E-state index contributed by atoms with van der Waals surface area (Å²) in [6.07, 6.45) is 0.220. The maximum Gasteiger partial charge on any atom is 0.303 e. The second kappa shape index (κ2) is 5.22. The van der Waals surface area contributed by atoms with E-state index >= 15 is 0 Å². The third kappa shape index (κ3) is 2.99. The molecule has 0 fully saturated rings. The zero-order valence-corrected chi connectivity index (χ0v) is 10.7. The number of carboxylic acids is 1. The molecule has 0 saturated heterocycles. The van der Waals surface area contributed by atoms with Crippen molar-refractivity contribution in [1.82, 2.24) is 4.98 Å². The van der Waals surface area contributed by atoms with Crippen molar-refractivity contribution >= 4 is 5.97 Å². The van der Waals surface area contributed by atoms with Crippen LogP contribution in [0.15, 0.2) is 22.6 Å². The topological polar surface area (TPSA) is 63.3 Å². The van der Waals surface area contributed by atoms with Crippen LogP contribution in [0.4, 0.5) is 4.39 Å². The van der Waals surface area contributed by atoms with Crippen LogP contribution in [0.3, 0.4) is 0 Å². The Balaban J connectivity index is 2.29. The molecule has 0 aliphatic carbocycles. The number of carboxylic acid groups (broad SMARTS) is 1. The molecule has 5 heteroatoms. The zero-order chi connectivity index (χ0) is 14.0. The molecule has 4 nitrogen and oxygen atoms in total. The number of aromatic nitrogens is 1. The number of carbonyl (C=O) groups is 1. The van der Waals surface area contributed by atoms with Gasteiger partial charge in [0.15, 0.2) is 11.7 Å². The normalized spacial score (nSPS) is 10.7. The fraction of sp³-hybridized carbons (Fsp3) is 0.286. The van der Waals surface area contributed by atoms with E-state index in [2.05, 4.69) is 4.98 Å². The molecule has 1 N–H and O–H groups in total. The second-order valence-electron chi connectivity index (χ2n) is 4.38. The SMILES string of the molecule is Cc1cc(-c2oc(CCC(=O)O)nc2C)ccc1F. The van der Waals surface area contributed by atoms with E-state index in [0.29, 0.717) is 22.9 Å². The van der Waals surface area contributed by atoms with Crippen LogP contribution in [0, 0.1) is 19.7 Å². The summed E-state index contributed by atoms with van der Waals surface area (Å²) in [5.74, 6) is -0.220. The number of aliphatic carboxylic acids is 1. The number of benzene rings is 1. The minimum atomic E-state index is -0.893. The molecule has 0 bridgehead atoms. The molecule has 0 radical (unpaired) electrons. The first-order valence-electron chi connectivity index (χ1n) is 5.92. The van der Waals surface area contributed by atoms with Crippen molar-refractivity contribution in [1.29, 1.82) is 0 Å². The molecule has 0 amide bonds. The van der Waals surface area contributed by atoms with Crippen LogP contribution in [-0.4, -0.2) is 16.1 Å². The molecule has 2 aromatic rings. The highest BCUT2D eigenvalue weighted by Crippen LogP contribution is 2.26. The third-order valence-corrected chi connectivity index (χ3v) is 2.81. The molecule has 2 rings (SSSR count). The summed E-state index contributed by atoms with van der Waals surface area (Å²) in [6, 6.07) is 4.68. The Kier molecular flexibility index (Phi) is 3.64. The molecule has 0 spiro atoms. The quantitative estimate of drug-likeness (QED) is 0.920. The van der Waals surface area contributed by atoms with Crippen LogP contribution in [0.5, 0.6) is 0 Å². The summed E-state index contributed by atoms with van der Waals surface area (Å²) >= 11 is 0. The van der Waals surface area contributed by atoms with E-state index in [-0.39, 0.29) is 18.7 Å². The predicted molar refractivity (Wildman–Crippen MR) is 67.3 cm³/mol. The van der Waals surface area contributed by atoms with Gasteiger partial charge in [-0.1, -0.05) is 0 Å². The first-order valence-corrected chi connectivity index (χ1v) is 5.92. The van der Waals surface area contributed by atoms with E-state index in [1.807, 2.05) is 0 Å². The van der Waals surface area contributed by atoms with Crippen molar-refractivity contribution in [3.8, 4) is 11.3 Å². The Morgan fingerprint density at radius 1 is 1.42 bits per heavy atom. The van der Waals surface area contributed by atoms with Gasteiger partial charge in [0.05, 0.1) is 12.1 Å². The van der Waals surface area contributed by atoms with Gasteiger partial charge in [-0.25, -0.2) is 9.37 Å². The lowest BCUT2D eigenvalue weighted by Crippen LogP contribution is -1.97. The number of hydrogen-bond acceptors (Lipinski definition) is 3. The molecule has 0 aliphatic heterocycles. The Bertz CT molecular complexity index is 619. The fourth-order valence-corrected chi connectivity index (χ4v) is 1.83. The van der Waals surface area contributed by atoms with Gasteiger partial charge in [0.2, 0.25) is 0 Å². The van der Waals surface area contributed by atoms with Gasteiger partial charge < -0.3 is 9.52 Å². The highest BCUT2D eigenvalue weighted by Gasteiger charge is 2.13. The second-order valence-corrected chi connectivity index (χ2v) is 4.38. The first kappa shape index (κ1) is 13.3. The van der Waals surface area contributed by atoms with Gasteiger partial charge >= 0.3 is 5.97 Å². The molecule has 1 aromatic heterocycles. The van der Waals surface area contributed by atoms with E-state index in [9.17, 15) is 9.18 Å². The van der Waals surface area contributed by atoms with Gasteiger partial charge in [-0.3, -0.25) is 4.79 Å². The molecule has 0 saturated carbocycles. The number of halogens is 1. The number of aryl methyl sites for hydroxylation is 3. The number of nitrogens with zero attached hydrogens (tertiary/aromatic N) is 1. The Morgan fingerprint density at radius 3 is 2.79 bits per heavy atom. The molecular weight excluding hydrogens is 249 g/mol. The van der Waals surface area contributed by atoms with E-state index in [0.717, 1.165) is 5.56 Å². The fourth-order valence-electron chi connectivity index (χ4n) is 1.83. The molecule has 19 heavy (non-hydrogen) atoms. The summed E-state index contributed by atoms with van der Waals surface area (Å²) < 4.78 is 18.8. The first-order chi connectivity index (χ1) is 8.97. The lowest BCUT2D eigenvalue weighted by atomic mass is 10.1. The summed E-state index contributed by atoms with van der Waals surface area (Å²) in [6.45, 7) is 3.46. The van der Waals surface area contributed by atoms with Gasteiger partial charge in [0.25, 0.3) is 0 Å². The van der Waals surface area contributed by atoms with Crippen LogP contribution in [-0.2, 0) is 11.2 Å². The maximum atomic E-state index is 13.2. The minimum absolute atomic E-state index is 0.0260. The van der Waals surface area contributed by atoms with Crippen LogP contribution in [0.25, 0.3) is 11.3 Å². The van der Waals surface area contributed by atoms with Gasteiger partial charge in [-0.2, -0.15) is 0 Å². The van der Waals surface area contributed by atoms with Crippen molar-refractivity contribution in [3.63, 3.8) is 0 Å². The van der Waals surface area contributed by atoms with Gasteiger partial charge in [0, 0.05) is 12.0 Å². The van der Waals surface area contributed by atoms with E-state index in [1.54, 1.807) is 26.0 Å². The Hall–Kier alpha value is -2.17. The molecule has 1 heterocycles. The average molecular weight is 263 g/mol. The van der Waals surface area contributed by atoms with Crippen molar-refractivity contribution in [2.24, 2.45) is 0 Å². The molecule has 100 valence electrons. The molecule has 1 aromatic carbocycles. The minimum Gasteiger partial charge on any atom is -0.481 e. The highest BCUT2D eigenvalue weighted by molar-refractivity contribution is 5.67. The molecule has 0 unspecified atom stereocenters. The highest BCUT2D eigenvalue weighted by atomic mass is 19.1. The van der Waals surface area contributed by atoms with E-state index in [4.69, 9.17) is 9.52 Å². The maximum absolute atomic E-state index is 13.2. The number of rotatable bonds is 4.